The average molecular weight is 318 g/mol. The monoisotopic (exact) mass is 318 g/mol. The van der Waals surface area contributed by atoms with Crippen LogP contribution in [0.1, 0.15) is 50.7 Å². The fourth-order valence-electron chi connectivity index (χ4n) is 2.54. The van der Waals surface area contributed by atoms with E-state index in [0.717, 1.165) is 13.1 Å². The van der Waals surface area contributed by atoms with Crippen molar-refractivity contribution in [1.29, 1.82) is 0 Å². The number of halogens is 4. The Hall–Kier alpha value is -1.37. The highest BCUT2D eigenvalue weighted by atomic mass is 19.5. The molecule has 1 aliphatic heterocycles. The van der Waals surface area contributed by atoms with Crippen LogP contribution in [-0.4, -0.2) is 26.7 Å². The van der Waals surface area contributed by atoms with Gasteiger partial charge in [0.2, 0.25) is 0 Å². The van der Waals surface area contributed by atoms with Gasteiger partial charge in [0.05, 0.1) is 6.54 Å². The highest BCUT2D eigenvalue weighted by Crippen LogP contribution is 2.29. The molecular formula is C15H23BF4N2. The zero-order valence-electron chi connectivity index (χ0n) is 13.4. The Morgan fingerprint density at radius 3 is 1.77 bits per heavy atom. The van der Waals surface area contributed by atoms with Gasteiger partial charge in [-0.05, 0) is 11.8 Å². The van der Waals surface area contributed by atoms with Gasteiger partial charge in [-0.3, -0.25) is 4.90 Å². The minimum Gasteiger partial charge on any atom is -0.418 e. The first-order chi connectivity index (χ1) is 10.1. The summed E-state index contributed by atoms with van der Waals surface area (Å²) in [5.74, 6) is 1.15. The smallest absolute Gasteiger partial charge is 0.418 e. The summed E-state index contributed by atoms with van der Waals surface area (Å²) < 4.78 is 39.0. The Labute approximate surface area is 129 Å². The van der Waals surface area contributed by atoms with Crippen molar-refractivity contribution >= 4 is 19.3 Å². The molecule has 1 unspecified atom stereocenters. The lowest BCUT2D eigenvalue weighted by molar-refractivity contribution is -0.715. The van der Waals surface area contributed by atoms with Crippen molar-refractivity contribution in [2.75, 3.05) is 13.1 Å². The van der Waals surface area contributed by atoms with E-state index >= 15 is 0 Å². The predicted octanol–water partition coefficient (Wildman–Crippen LogP) is 3.79. The van der Waals surface area contributed by atoms with Crippen LogP contribution in [0.5, 0.6) is 0 Å². The lowest BCUT2D eigenvalue weighted by Crippen LogP contribution is -3.05. The normalized spacial score (nSPS) is 17.8. The highest BCUT2D eigenvalue weighted by Gasteiger charge is 2.24. The van der Waals surface area contributed by atoms with E-state index in [1.807, 2.05) is 0 Å². The number of nitrogens with one attached hydrogen (secondary N) is 1. The summed E-state index contributed by atoms with van der Waals surface area (Å²) in [4.78, 5) is 5.81. The molecule has 0 amide bonds. The van der Waals surface area contributed by atoms with Gasteiger partial charge < -0.3 is 17.3 Å². The van der Waals surface area contributed by atoms with Crippen LogP contribution in [0.15, 0.2) is 23.2 Å². The number of nitrogens with zero attached hydrogens (tertiary/aromatic N) is 1. The molecule has 0 fully saturated rings. The summed E-state index contributed by atoms with van der Waals surface area (Å²) in [6.07, 6.45) is 2.08. The third-order valence-electron chi connectivity index (χ3n) is 3.45. The van der Waals surface area contributed by atoms with Gasteiger partial charge in [0, 0.05) is 11.1 Å². The quantitative estimate of drug-likeness (QED) is 0.645. The average Bonchev–Trinajstić information content (AvgIpc) is 2.89. The van der Waals surface area contributed by atoms with Gasteiger partial charge in [0.25, 0.3) is 0 Å². The second-order valence-electron chi connectivity index (χ2n) is 5.93. The number of benzene rings is 1. The maximum absolute atomic E-state index is 9.75. The molecule has 1 aromatic rings. The van der Waals surface area contributed by atoms with E-state index in [9.17, 15) is 17.3 Å². The van der Waals surface area contributed by atoms with Crippen LogP contribution in [0.2, 0.25) is 0 Å². The Kier molecular flexibility index (Phi) is 6.59. The molecule has 2 rings (SSSR count). The van der Waals surface area contributed by atoms with Gasteiger partial charge in [-0.2, -0.15) is 0 Å². The van der Waals surface area contributed by atoms with Gasteiger partial charge >= 0.3 is 7.25 Å². The maximum Gasteiger partial charge on any atom is 0.673 e. The molecule has 7 heteroatoms. The number of aliphatic imine (C=N–C) groups is 1. The van der Waals surface area contributed by atoms with E-state index in [1.54, 1.807) is 0 Å². The lowest BCUT2D eigenvalue weighted by Gasteiger charge is -2.20. The Morgan fingerprint density at radius 2 is 1.45 bits per heavy atom. The fourth-order valence-corrected chi connectivity index (χ4v) is 2.54. The SMILES string of the molecule is CC(C)c1cccc(C(C)C)c1[NH+]1C=NCC1.F[B-](F)(F)F. The second kappa shape index (κ2) is 7.76. The van der Waals surface area contributed by atoms with E-state index in [4.69, 9.17) is 0 Å². The molecule has 1 N–H and O–H groups in total. The van der Waals surface area contributed by atoms with Crippen molar-refractivity contribution in [2.24, 2.45) is 4.99 Å². The van der Waals surface area contributed by atoms with Gasteiger partial charge in [0.1, 0.15) is 12.2 Å². The van der Waals surface area contributed by atoms with E-state index in [0.29, 0.717) is 11.8 Å². The van der Waals surface area contributed by atoms with E-state index < -0.39 is 7.25 Å². The molecule has 124 valence electrons. The number of rotatable bonds is 3. The van der Waals surface area contributed by atoms with E-state index in [-0.39, 0.29) is 0 Å². The minimum absolute atomic E-state index is 0.574. The van der Waals surface area contributed by atoms with Crippen molar-refractivity contribution in [3.8, 4) is 0 Å². The van der Waals surface area contributed by atoms with Crippen molar-refractivity contribution in [2.45, 2.75) is 39.5 Å². The van der Waals surface area contributed by atoms with E-state index in [1.165, 1.54) is 21.7 Å². The molecule has 0 radical (unpaired) electrons. The van der Waals surface area contributed by atoms with Crippen molar-refractivity contribution in [3.63, 3.8) is 0 Å². The number of hydrogen-bond donors (Lipinski definition) is 1. The van der Waals surface area contributed by atoms with Crippen LogP contribution >= 0.6 is 0 Å². The first-order valence-electron chi connectivity index (χ1n) is 7.47. The summed E-state index contributed by atoms with van der Waals surface area (Å²) in [5.41, 5.74) is 4.41. The fraction of sp³-hybridized carbons (Fsp3) is 0.533. The van der Waals surface area contributed by atoms with Crippen molar-refractivity contribution in [1.82, 2.24) is 0 Å². The summed E-state index contributed by atoms with van der Waals surface area (Å²) >= 11 is 0. The third kappa shape index (κ3) is 5.79. The van der Waals surface area contributed by atoms with Gasteiger partial charge in [0.15, 0.2) is 6.34 Å². The molecule has 0 saturated heterocycles. The maximum atomic E-state index is 9.75. The van der Waals surface area contributed by atoms with Crippen molar-refractivity contribution < 1.29 is 22.2 Å². The third-order valence-corrected chi connectivity index (χ3v) is 3.45. The topological polar surface area (TPSA) is 16.8 Å². The standard InChI is InChI=1S/C15H22N2.BF4/c1-11(2)13-6-5-7-14(12(3)4)15(13)17-9-8-16-10-17;2-1(3,4)5/h5-7,10-12H,8-9H2,1-4H3;/q;-1/p+1. The zero-order chi connectivity index (χ0) is 16.9. The van der Waals surface area contributed by atoms with Crippen LogP contribution in [0.3, 0.4) is 0 Å². The summed E-state index contributed by atoms with van der Waals surface area (Å²) in [5, 5.41) is 0. The molecule has 0 aliphatic carbocycles. The van der Waals surface area contributed by atoms with Crippen LogP contribution in [-0.2, 0) is 0 Å². The molecule has 0 aromatic heterocycles. The molecule has 1 aromatic carbocycles. The number of quaternary nitrogens is 1. The molecule has 2 nitrogen and oxygen atoms in total. The Balaban J connectivity index is 0.000000422. The molecule has 1 atom stereocenters. The zero-order valence-corrected chi connectivity index (χ0v) is 13.4. The molecule has 0 saturated carbocycles. The first-order valence-corrected chi connectivity index (χ1v) is 7.47. The molecule has 1 aliphatic rings. The van der Waals surface area contributed by atoms with E-state index in [2.05, 4.69) is 57.2 Å². The first kappa shape index (κ1) is 18.7. The van der Waals surface area contributed by atoms with Gasteiger partial charge in [-0.15, -0.1) is 0 Å². The van der Waals surface area contributed by atoms with Crippen LogP contribution in [0.25, 0.3) is 0 Å². The van der Waals surface area contributed by atoms with Gasteiger partial charge in [-0.1, -0.05) is 45.9 Å². The predicted molar refractivity (Wildman–Crippen MR) is 83.7 cm³/mol. The summed E-state index contributed by atoms with van der Waals surface area (Å²) in [6, 6.07) is 6.73. The number of para-hydroxylation sites is 1. The summed E-state index contributed by atoms with van der Waals surface area (Å²) in [7, 11) is -6.00. The van der Waals surface area contributed by atoms with Crippen molar-refractivity contribution in [3.05, 3.63) is 29.3 Å². The molecule has 0 spiro atoms. The summed E-state index contributed by atoms with van der Waals surface area (Å²) in [6.45, 7) is 11.2. The highest BCUT2D eigenvalue weighted by molar-refractivity contribution is 6.50. The molecule has 0 bridgehead atoms. The van der Waals surface area contributed by atoms with Crippen LogP contribution in [0, 0.1) is 0 Å². The molecule has 1 heterocycles. The lowest BCUT2D eigenvalue weighted by atomic mass is 9.92. The number of hydrogen-bond acceptors (Lipinski definition) is 1. The molecule has 22 heavy (non-hydrogen) atoms. The Morgan fingerprint density at radius 1 is 1.00 bits per heavy atom. The Bertz CT molecular complexity index is 481. The second-order valence-corrected chi connectivity index (χ2v) is 5.93. The minimum atomic E-state index is -6.00. The van der Waals surface area contributed by atoms with Crippen LogP contribution in [0.4, 0.5) is 23.0 Å². The van der Waals surface area contributed by atoms with Gasteiger partial charge in [-0.25, -0.2) is 4.99 Å². The molecular weight excluding hydrogens is 295 g/mol. The largest absolute Gasteiger partial charge is 0.673 e. The van der Waals surface area contributed by atoms with Crippen LogP contribution < -0.4 is 4.90 Å².